The molecule has 96 valence electrons. The SMILES string of the molecule is Cc1ccc(SCC(N)Cc2nc(C)cs2)cc1. The first-order valence-corrected chi connectivity index (χ1v) is 7.86. The van der Waals surface area contributed by atoms with Crippen LogP contribution in [0.4, 0.5) is 0 Å². The molecule has 0 aliphatic rings. The Kier molecular flexibility index (Phi) is 4.80. The summed E-state index contributed by atoms with van der Waals surface area (Å²) in [7, 11) is 0. The third kappa shape index (κ3) is 4.12. The van der Waals surface area contributed by atoms with Crippen LogP contribution in [0.1, 0.15) is 16.3 Å². The first-order chi connectivity index (χ1) is 8.63. The second kappa shape index (κ2) is 6.36. The standard InChI is InChI=1S/C14H18N2S2/c1-10-3-5-13(6-4-10)17-9-12(15)7-14-16-11(2)8-18-14/h3-6,8,12H,7,9,15H2,1-2H3. The molecule has 0 saturated carbocycles. The van der Waals surface area contributed by atoms with E-state index in [2.05, 4.69) is 41.6 Å². The highest BCUT2D eigenvalue weighted by molar-refractivity contribution is 7.99. The van der Waals surface area contributed by atoms with Crippen molar-refractivity contribution in [1.29, 1.82) is 0 Å². The lowest BCUT2D eigenvalue weighted by Gasteiger charge is -2.09. The van der Waals surface area contributed by atoms with E-state index in [1.54, 1.807) is 11.3 Å². The van der Waals surface area contributed by atoms with E-state index in [1.165, 1.54) is 10.5 Å². The van der Waals surface area contributed by atoms with E-state index in [-0.39, 0.29) is 6.04 Å². The molecular weight excluding hydrogens is 260 g/mol. The van der Waals surface area contributed by atoms with Crippen molar-refractivity contribution in [2.75, 3.05) is 5.75 Å². The molecule has 2 nitrogen and oxygen atoms in total. The van der Waals surface area contributed by atoms with E-state index in [0.29, 0.717) is 0 Å². The summed E-state index contributed by atoms with van der Waals surface area (Å²) >= 11 is 3.52. The molecule has 0 amide bonds. The molecule has 1 aromatic carbocycles. The lowest BCUT2D eigenvalue weighted by Crippen LogP contribution is -2.25. The van der Waals surface area contributed by atoms with Crippen molar-refractivity contribution in [3.05, 3.63) is 45.9 Å². The fraction of sp³-hybridized carbons (Fsp3) is 0.357. The minimum atomic E-state index is 0.168. The fourth-order valence-electron chi connectivity index (χ4n) is 1.62. The predicted octanol–water partition coefficient (Wildman–Crippen LogP) is 3.42. The summed E-state index contributed by atoms with van der Waals surface area (Å²) in [5.74, 6) is 0.932. The Morgan fingerprint density at radius 1 is 1.28 bits per heavy atom. The highest BCUT2D eigenvalue weighted by atomic mass is 32.2. The van der Waals surface area contributed by atoms with E-state index in [0.717, 1.165) is 22.9 Å². The van der Waals surface area contributed by atoms with Gasteiger partial charge in [-0.1, -0.05) is 17.7 Å². The van der Waals surface area contributed by atoms with Gasteiger partial charge in [0.1, 0.15) is 0 Å². The van der Waals surface area contributed by atoms with Gasteiger partial charge in [-0.05, 0) is 26.0 Å². The third-order valence-electron chi connectivity index (χ3n) is 2.59. The van der Waals surface area contributed by atoms with Crippen molar-refractivity contribution < 1.29 is 0 Å². The van der Waals surface area contributed by atoms with Crippen molar-refractivity contribution in [2.45, 2.75) is 31.2 Å². The summed E-state index contributed by atoms with van der Waals surface area (Å²) in [4.78, 5) is 5.73. The Balaban J connectivity index is 1.81. The van der Waals surface area contributed by atoms with Crippen LogP contribution < -0.4 is 5.73 Å². The molecule has 18 heavy (non-hydrogen) atoms. The van der Waals surface area contributed by atoms with Gasteiger partial charge >= 0.3 is 0 Å². The van der Waals surface area contributed by atoms with Crippen LogP contribution in [0.25, 0.3) is 0 Å². The molecular formula is C14H18N2S2. The molecule has 1 unspecified atom stereocenters. The number of nitrogens with zero attached hydrogens (tertiary/aromatic N) is 1. The Hall–Kier alpha value is -0.840. The number of benzene rings is 1. The normalized spacial score (nSPS) is 12.6. The molecule has 2 rings (SSSR count). The second-order valence-corrected chi connectivity index (χ2v) is 6.51. The maximum Gasteiger partial charge on any atom is 0.0943 e. The number of hydrogen-bond donors (Lipinski definition) is 1. The number of rotatable bonds is 5. The lowest BCUT2D eigenvalue weighted by atomic mass is 10.2. The summed E-state index contributed by atoms with van der Waals surface area (Å²) in [6.07, 6.45) is 0.872. The van der Waals surface area contributed by atoms with Crippen molar-refractivity contribution in [1.82, 2.24) is 4.98 Å². The van der Waals surface area contributed by atoms with Crippen molar-refractivity contribution in [2.24, 2.45) is 5.73 Å². The van der Waals surface area contributed by atoms with Gasteiger partial charge in [-0.2, -0.15) is 0 Å². The monoisotopic (exact) mass is 278 g/mol. The van der Waals surface area contributed by atoms with Crippen LogP contribution in [0, 0.1) is 13.8 Å². The quantitative estimate of drug-likeness (QED) is 0.852. The van der Waals surface area contributed by atoms with Crippen molar-refractivity contribution in [3.8, 4) is 0 Å². The van der Waals surface area contributed by atoms with Gasteiger partial charge in [-0.3, -0.25) is 0 Å². The van der Waals surface area contributed by atoms with Gasteiger partial charge in [0, 0.05) is 34.2 Å². The zero-order chi connectivity index (χ0) is 13.0. The average molecular weight is 278 g/mol. The van der Waals surface area contributed by atoms with Crippen molar-refractivity contribution >= 4 is 23.1 Å². The zero-order valence-electron chi connectivity index (χ0n) is 10.7. The number of nitrogens with two attached hydrogens (primary N) is 1. The first kappa shape index (κ1) is 13.6. The van der Waals surface area contributed by atoms with E-state index >= 15 is 0 Å². The molecule has 0 saturated heterocycles. The summed E-state index contributed by atoms with van der Waals surface area (Å²) in [5, 5.41) is 3.22. The Morgan fingerprint density at radius 2 is 2.00 bits per heavy atom. The minimum absolute atomic E-state index is 0.168. The number of thiazole rings is 1. The Bertz CT molecular complexity index is 491. The molecule has 0 spiro atoms. The average Bonchev–Trinajstić information content (AvgIpc) is 2.74. The van der Waals surface area contributed by atoms with E-state index < -0.39 is 0 Å². The van der Waals surface area contributed by atoms with Crippen LogP contribution in [0.5, 0.6) is 0 Å². The second-order valence-electron chi connectivity index (χ2n) is 4.47. The van der Waals surface area contributed by atoms with Crippen LogP contribution in [-0.2, 0) is 6.42 Å². The molecule has 0 radical (unpaired) electrons. The van der Waals surface area contributed by atoms with Crippen LogP contribution in [0.2, 0.25) is 0 Å². The molecule has 1 aromatic heterocycles. The highest BCUT2D eigenvalue weighted by Gasteiger charge is 2.07. The zero-order valence-corrected chi connectivity index (χ0v) is 12.4. The summed E-state index contributed by atoms with van der Waals surface area (Å²) in [5.41, 5.74) is 8.52. The molecule has 4 heteroatoms. The van der Waals surface area contributed by atoms with Crippen molar-refractivity contribution in [3.63, 3.8) is 0 Å². The van der Waals surface area contributed by atoms with Gasteiger partial charge < -0.3 is 5.73 Å². The largest absolute Gasteiger partial charge is 0.327 e. The fourth-order valence-corrected chi connectivity index (χ4v) is 3.34. The molecule has 1 heterocycles. The molecule has 0 fully saturated rings. The maximum absolute atomic E-state index is 6.14. The molecule has 0 aliphatic heterocycles. The van der Waals surface area contributed by atoms with Gasteiger partial charge in [-0.25, -0.2) is 4.98 Å². The van der Waals surface area contributed by atoms with E-state index in [1.807, 2.05) is 18.7 Å². The Morgan fingerprint density at radius 3 is 2.61 bits per heavy atom. The smallest absolute Gasteiger partial charge is 0.0943 e. The third-order valence-corrected chi connectivity index (χ3v) is 4.78. The van der Waals surface area contributed by atoms with Crippen LogP contribution >= 0.6 is 23.1 Å². The minimum Gasteiger partial charge on any atom is -0.327 e. The molecule has 2 N–H and O–H groups in total. The maximum atomic E-state index is 6.14. The molecule has 0 bridgehead atoms. The van der Waals surface area contributed by atoms with Gasteiger partial charge in [-0.15, -0.1) is 23.1 Å². The Labute approximate surface area is 117 Å². The topological polar surface area (TPSA) is 38.9 Å². The molecule has 0 aliphatic carbocycles. The highest BCUT2D eigenvalue weighted by Crippen LogP contribution is 2.20. The van der Waals surface area contributed by atoms with E-state index in [4.69, 9.17) is 5.73 Å². The number of aryl methyl sites for hydroxylation is 2. The number of thioether (sulfide) groups is 1. The summed E-state index contributed by atoms with van der Waals surface area (Å²) in [6, 6.07) is 8.75. The predicted molar refractivity (Wildman–Crippen MR) is 80.4 cm³/mol. The van der Waals surface area contributed by atoms with E-state index in [9.17, 15) is 0 Å². The number of aromatic nitrogens is 1. The van der Waals surface area contributed by atoms with Crippen LogP contribution in [-0.4, -0.2) is 16.8 Å². The molecule has 2 aromatic rings. The van der Waals surface area contributed by atoms with Gasteiger partial charge in [0.05, 0.1) is 5.01 Å². The van der Waals surface area contributed by atoms with Crippen LogP contribution in [0.3, 0.4) is 0 Å². The number of hydrogen-bond acceptors (Lipinski definition) is 4. The van der Waals surface area contributed by atoms with Gasteiger partial charge in [0.15, 0.2) is 0 Å². The summed E-state index contributed by atoms with van der Waals surface area (Å²) in [6.45, 7) is 4.12. The first-order valence-electron chi connectivity index (χ1n) is 5.99. The van der Waals surface area contributed by atoms with Crippen LogP contribution in [0.15, 0.2) is 34.5 Å². The van der Waals surface area contributed by atoms with Gasteiger partial charge in [0.25, 0.3) is 0 Å². The molecule has 1 atom stereocenters. The lowest BCUT2D eigenvalue weighted by molar-refractivity contribution is 0.743. The van der Waals surface area contributed by atoms with Gasteiger partial charge in [0.2, 0.25) is 0 Å². The summed E-state index contributed by atoms with van der Waals surface area (Å²) < 4.78 is 0.